The monoisotopic (exact) mass is 388 g/mol. The first kappa shape index (κ1) is 23.8. The van der Waals surface area contributed by atoms with E-state index in [4.69, 9.17) is 0 Å². The molecule has 0 aliphatic heterocycles. The Kier molecular flexibility index (Phi) is 10.4. The lowest BCUT2D eigenvalue weighted by Crippen LogP contribution is -2.05. The van der Waals surface area contributed by atoms with E-state index in [1.807, 2.05) is 13.0 Å². The fourth-order valence-electron chi connectivity index (χ4n) is 3.37. The van der Waals surface area contributed by atoms with Crippen LogP contribution in [0.5, 0.6) is 11.5 Å². The van der Waals surface area contributed by atoms with Gasteiger partial charge in [0.15, 0.2) is 0 Å². The summed E-state index contributed by atoms with van der Waals surface area (Å²) in [6.07, 6.45) is 12.0. The Bertz CT molecular complexity index is 714. The van der Waals surface area contributed by atoms with Crippen LogP contribution in [-0.2, 0) is 12.8 Å². The van der Waals surface area contributed by atoms with Crippen LogP contribution >= 0.6 is 0 Å². The number of phenols is 2. The predicted molar refractivity (Wildman–Crippen MR) is 115 cm³/mol. The van der Waals surface area contributed by atoms with E-state index < -0.39 is 5.97 Å². The van der Waals surface area contributed by atoms with E-state index in [2.05, 4.69) is 26.8 Å². The van der Waals surface area contributed by atoms with E-state index in [-0.39, 0.29) is 22.6 Å². The number of benzene rings is 1. The number of aromatic carboxylic acids is 1. The van der Waals surface area contributed by atoms with Crippen molar-refractivity contribution in [2.24, 2.45) is 0 Å². The van der Waals surface area contributed by atoms with Gasteiger partial charge in [0.25, 0.3) is 0 Å². The van der Waals surface area contributed by atoms with Crippen molar-refractivity contribution in [3.63, 3.8) is 0 Å². The highest BCUT2D eigenvalue weighted by molar-refractivity contribution is 5.93. The number of hydrogen-bond donors (Lipinski definition) is 3. The zero-order valence-electron chi connectivity index (χ0n) is 17.8. The Morgan fingerprint density at radius 1 is 1.00 bits per heavy atom. The fraction of sp³-hybridized carbons (Fsp3) is 0.542. The average Bonchev–Trinajstić information content (AvgIpc) is 2.61. The molecule has 0 unspecified atom stereocenters. The van der Waals surface area contributed by atoms with Crippen molar-refractivity contribution in [2.45, 2.75) is 85.5 Å². The highest BCUT2D eigenvalue weighted by atomic mass is 16.4. The number of phenolic OH excluding ortho intramolecular Hbond substituents is 1. The molecule has 0 aliphatic carbocycles. The number of aromatic hydroxyl groups is 2. The fourth-order valence-corrected chi connectivity index (χ4v) is 3.37. The number of unbranched alkanes of at least 4 members (excludes halogenated alkanes) is 2. The van der Waals surface area contributed by atoms with Crippen molar-refractivity contribution in [1.82, 2.24) is 0 Å². The number of carboxylic acids is 1. The van der Waals surface area contributed by atoms with Gasteiger partial charge < -0.3 is 15.3 Å². The minimum absolute atomic E-state index is 0.0308. The smallest absolute Gasteiger partial charge is 0.339 e. The van der Waals surface area contributed by atoms with Crippen LogP contribution < -0.4 is 0 Å². The molecule has 4 nitrogen and oxygen atoms in total. The Morgan fingerprint density at radius 3 is 2.29 bits per heavy atom. The molecule has 0 amide bonds. The molecule has 0 atom stereocenters. The van der Waals surface area contributed by atoms with E-state index in [1.54, 1.807) is 0 Å². The second-order valence-corrected chi connectivity index (χ2v) is 7.61. The van der Waals surface area contributed by atoms with Gasteiger partial charge in [-0.05, 0) is 64.0 Å². The van der Waals surface area contributed by atoms with E-state index in [9.17, 15) is 20.1 Å². The molecule has 0 aromatic heterocycles. The zero-order chi connectivity index (χ0) is 21.1. The lowest BCUT2D eigenvalue weighted by atomic mass is 9.94. The molecule has 156 valence electrons. The number of carboxylic acid groups (broad SMARTS) is 1. The Hall–Kier alpha value is -2.23. The van der Waals surface area contributed by atoms with E-state index in [0.717, 1.165) is 50.5 Å². The number of carbonyl (C=O) groups is 1. The van der Waals surface area contributed by atoms with Crippen LogP contribution in [-0.4, -0.2) is 21.3 Å². The molecule has 3 N–H and O–H groups in total. The first-order chi connectivity index (χ1) is 13.3. The number of aryl methyl sites for hydroxylation is 1. The highest BCUT2D eigenvalue weighted by Gasteiger charge is 2.21. The molecule has 4 heteroatoms. The van der Waals surface area contributed by atoms with E-state index in [0.29, 0.717) is 18.4 Å². The van der Waals surface area contributed by atoms with Gasteiger partial charge in [0.2, 0.25) is 0 Å². The molecule has 28 heavy (non-hydrogen) atoms. The van der Waals surface area contributed by atoms with Gasteiger partial charge in [-0.25, -0.2) is 4.79 Å². The Morgan fingerprint density at radius 2 is 1.68 bits per heavy atom. The van der Waals surface area contributed by atoms with Crippen molar-refractivity contribution in [2.75, 3.05) is 0 Å². The predicted octanol–water partition coefficient (Wildman–Crippen LogP) is 6.54. The molecule has 0 saturated heterocycles. The summed E-state index contributed by atoms with van der Waals surface area (Å²) in [5.74, 6) is -1.49. The molecular weight excluding hydrogens is 352 g/mol. The van der Waals surface area contributed by atoms with Crippen LogP contribution in [0.2, 0.25) is 0 Å². The van der Waals surface area contributed by atoms with Crippen LogP contribution in [0.15, 0.2) is 29.4 Å². The van der Waals surface area contributed by atoms with Crippen molar-refractivity contribution < 1.29 is 20.1 Å². The van der Waals surface area contributed by atoms with Crippen molar-refractivity contribution >= 4 is 5.97 Å². The van der Waals surface area contributed by atoms with Crippen molar-refractivity contribution in [3.8, 4) is 11.5 Å². The lowest BCUT2D eigenvalue weighted by Gasteiger charge is -2.14. The molecule has 1 aromatic carbocycles. The minimum Gasteiger partial charge on any atom is -0.508 e. The maximum Gasteiger partial charge on any atom is 0.339 e. The average molecular weight is 389 g/mol. The first-order valence-corrected chi connectivity index (χ1v) is 10.4. The Balaban J connectivity index is 2.94. The minimum atomic E-state index is -1.15. The SMILES string of the molecule is CCCCCc1cc(O)c(CC=C(C)CCC=C(C)CCC)c(O)c1C(=O)O. The summed E-state index contributed by atoms with van der Waals surface area (Å²) in [7, 11) is 0. The maximum atomic E-state index is 11.7. The van der Waals surface area contributed by atoms with Crippen molar-refractivity contribution in [3.05, 3.63) is 46.1 Å². The van der Waals surface area contributed by atoms with Gasteiger partial charge in [0.05, 0.1) is 0 Å². The van der Waals surface area contributed by atoms with E-state index >= 15 is 0 Å². The quantitative estimate of drug-likeness (QED) is 0.280. The third-order valence-corrected chi connectivity index (χ3v) is 5.06. The third kappa shape index (κ3) is 7.41. The molecule has 0 spiro atoms. The second kappa shape index (κ2) is 12.3. The summed E-state index contributed by atoms with van der Waals surface area (Å²) < 4.78 is 0. The van der Waals surface area contributed by atoms with Crippen LogP contribution in [0.4, 0.5) is 0 Å². The molecular formula is C24H36O4. The number of allylic oxidation sites excluding steroid dienone is 4. The molecule has 1 aromatic rings. The van der Waals surface area contributed by atoms with Gasteiger partial charge in [-0.15, -0.1) is 0 Å². The van der Waals surface area contributed by atoms with Gasteiger partial charge in [-0.3, -0.25) is 0 Å². The first-order valence-electron chi connectivity index (χ1n) is 10.4. The largest absolute Gasteiger partial charge is 0.508 e. The van der Waals surface area contributed by atoms with Crippen LogP contribution in [0.3, 0.4) is 0 Å². The van der Waals surface area contributed by atoms with Crippen LogP contribution in [0.1, 0.15) is 94.1 Å². The summed E-state index contributed by atoms with van der Waals surface area (Å²) >= 11 is 0. The number of hydrogen-bond acceptors (Lipinski definition) is 3. The Labute approximate surface area is 169 Å². The number of rotatable bonds is 12. The molecule has 1 rings (SSSR count). The van der Waals surface area contributed by atoms with Gasteiger partial charge in [-0.1, -0.05) is 56.4 Å². The van der Waals surface area contributed by atoms with Crippen molar-refractivity contribution in [1.29, 1.82) is 0 Å². The standard InChI is InChI=1S/C24H36O4/c1-5-7-8-13-19-16-21(25)20(23(26)22(19)24(27)28)15-14-18(4)12-9-11-17(3)10-6-2/h11,14,16,25-26H,5-10,12-13,15H2,1-4H3,(H,27,28). The van der Waals surface area contributed by atoms with E-state index in [1.165, 1.54) is 11.6 Å². The lowest BCUT2D eigenvalue weighted by molar-refractivity contribution is 0.0692. The summed E-state index contributed by atoms with van der Waals surface area (Å²) in [5, 5.41) is 30.4. The third-order valence-electron chi connectivity index (χ3n) is 5.06. The normalized spacial score (nSPS) is 12.4. The summed E-state index contributed by atoms with van der Waals surface area (Å²) in [4.78, 5) is 11.7. The molecule has 0 radical (unpaired) electrons. The molecule has 0 aliphatic rings. The van der Waals surface area contributed by atoms with Gasteiger partial charge >= 0.3 is 5.97 Å². The van der Waals surface area contributed by atoms with Crippen LogP contribution in [0.25, 0.3) is 0 Å². The summed E-state index contributed by atoms with van der Waals surface area (Å²) in [6, 6.07) is 1.51. The molecule has 0 bridgehead atoms. The van der Waals surface area contributed by atoms with Crippen LogP contribution in [0, 0.1) is 0 Å². The van der Waals surface area contributed by atoms with Gasteiger partial charge in [0, 0.05) is 5.56 Å². The highest BCUT2D eigenvalue weighted by Crippen LogP contribution is 2.35. The maximum absolute atomic E-state index is 11.7. The second-order valence-electron chi connectivity index (χ2n) is 7.61. The summed E-state index contributed by atoms with van der Waals surface area (Å²) in [6.45, 7) is 8.41. The van der Waals surface area contributed by atoms with Gasteiger partial charge in [0.1, 0.15) is 17.1 Å². The topological polar surface area (TPSA) is 77.8 Å². The molecule has 0 saturated carbocycles. The molecule has 0 heterocycles. The van der Waals surface area contributed by atoms with Gasteiger partial charge in [-0.2, -0.15) is 0 Å². The molecule has 0 fully saturated rings. The zero-order valence-corrected chi connectivity index (χ0v) is 17.8. The summed E-state index contributed by atoms with van der Waals surface area (Å²) in [5.41, 5.74) is 3.26.